The molecule has 0 spiro atoms. The van der Waals surface area contributed by atoms with Crippen LogP contribution in [0.25, 0.3) is 5.76 Å². The van der Waals surface area contributed by atoms with Gasteiger partial charge in [0.25, 0.3) is 5.78 Å². The monoisotopic (exact) mass is 270 g/mol. The third-order valence-electron chi connectivity index (χ3n) is 2.09. The fourth-order valence-corrected chi connectivity index (χ4v) is 1.41. The maximum atomic E-state index is 11.3. The Bertz CT molecular complexity index is 507. The number of hydrogen-bond donors (Lipinski definition) is 1. The molecule has 0 aromatic heterocycles. The summed E-state index contributed by atoms with van der Waals surface area (Å²) < 4.78 is 9.23. The maximum Gasteiger partial charge on any atom is 0.378 e. The van der Waals surface area contributed by atoms with Gasteiger partial charge < -0.3 is 14.6 Å². The molecule has 0 amide bonds. The van der Waals surface area contributed by atoms with E-state index < -0.39 is 17.5 Å². The predicted octanol–water partition coefficient (Wildman–Crippen LogP) is 1.99. The summed E-state index contributed by atoms with van der Waals surface area (Å²) >= 11 is 5.77. The Hall–Kier alpha value is -2.01. The van der Waals surface area contributed by atoms with Gasteiger partial charge in [0.15, 0.2) is 0 Å². The molecule has 96 valence electrons. The second-order valence-corrected chi connectivity index (χ2v) is 3.67. The number of aliphatic hydroxyl groups excluding tert-OH is 1. The SMILES string of the molecule is COC(=O)C(=O)C=C(O)c1cc(Cl)ccc1OC. The summed E-state index contributed by atoms with van der Waals surface area (Å²) in [5, 5.41) is 10.1. The highest BCUT2D eigenvalue weighted by atomic mass is 35.5. The minimum absolute atomic E-state index is 0.210. The van der Waals surface area contributed by atoms with E-state index in [9.17, 15) is 14.7 Å². The first-order valence-corrected chi connectivity index (χ1v) is 5.24. The first-order valence-electron chi connectivity index (χ1n) is 4.86. The summed E-state index contributed by atoms with van der Waals surface area (Å²) in [4.78, 5) is 22.2. The second kappa shape index (κ2) is 6.07. The van der Waals surface area contributed by atoms with Crippen molar-refractivity contribution in [2.24, 2.45) is 0 Å². The Kier molecular flexibility index (Phi) is 4.74. The Morgan fingerprint density at radius 1 is 1.33 bits per heavy atom. The van der Waals surface area contributed by atoms with Gasteiger partial charge in [-0.3, -0.25) is 4.79 Å². The maximum absolute atomic E-state index is 11.3. The number of halogens is 1. The molecule has 5 nitrogen and oxygen atoms in total. The lowest BCUT2D eigenvalue weighted by atomic mass is 10.1. The Morgan fingerprint density at radius 3 is 2.56 bits per heavy atom. The van der Waals surface area contributed by atoms with E-state index in [0.29, 0.717) is 10.8 Å². The van der Waals surface area contributed by atoms with Crippen molar-refractivity contribution < 1.29 is 24.2 Å². The molecule has 0 aliphatic rings. The van der Waals surface area contributed by atoms with Gasteiger partial charge in [-0.05, 0) is 18.2 Å². The summed E-state index contributed by atoms with van der Waals surface area (Å²) in [7, 11) is 2.48. The number of carbonyl (C=O) groups is 2. The average molecular weight is 271 g/mol. The smallest absolute Gasteiger partial charge is 0.378 e. The van der Waals surface area contributed by atoms with Crippen molar-refractivity contribution in [3.63, 3.8) is 0 Å². The van der Waals surface area contributed by atoms with Crippen molar-refractivity contribution in [1.82, 2.24) is 0 Å². The molecule has 0 atom stereocenters. The number of esters is 1. The van der Waals surface area contributed by atoms with Crippen LogP contribution in [0.3, 0.4) is 0 Å². The third kappa shape index (κ3) is 3.24. The topological polar surface area (TPSA) is 72.8 Å². The van der Waals surface area contributed by atoms with Crippen LogP contribution < -0.4 is 4.74 Å². The molecule has 0 saturated heterocycles. The van der Waals surface area contributed by atoms with Gasteiger partial charge in [-0.15, -0.1) is 0 Å². The average Bonchev–Trinajstić information content (AvgIpc) is 2.37. The molecule has 1 N–H and O–H groups in total. The van der Waals surface area contributed by atoms with Crippen LogP contribution in [0.4, 0.5) is 0 Å². The number of aliphatic hydroxyl groups is 1. The van der Waals surface area contributed by atoms with E-state index in [-0.39, 0.29) is 5.56 Å². The molecule has 1 aromatic rings. The molecule has 1 rings (SSSR count). The zero-order valence-electron chi connectivity index (χ0n) is 9.77. The largest absolute Gasteiger partial charge is 0.507 e. The van der Waals surface area contributed by atoms with Gasteiger partial charge in [-0.25, -0.2) is 4.79 Å². The Morgan fingerprint density at radius 2 is 2.00 bits per heavy atom. The Labute approximate surface area is 109 Å². The molecule has 0 fully saturated rings. The number of rotatable bonds is 4. The van der Waals surface area contributed by atoms with Gasteiger partial charge in [0.1, 0.15) is 11.5 Å². The highest BCUT2D eigenvalue weighted by Gasteiger charge is 2.15. The van der Waals surface area contributed by atoms with E-state index in [0.717, 1.165) is 13.2 Å². The minimum Gasteiger partial charge on any atom is -0.507 e. The van der Waals surface area contributed by atoms with Crippen LogP contribution in [0.5, 0.6) is 5.75 Å². The van der Waals surface area contributed by atoms with Gasteiger partial charge in [0.2, 0.25) is 0 Å². The van der Waals surface area contributed by atoms with Crippen molar-refractivity contribution in [2.75, 3.05) is 14.2 Å². The number of hydrogen-bond acceptors (Lipinski definition) is 5. The fourth-order valence-electron chi connectivity index (χ4n) is 1.24. The van der Waals surface area contributed by atoms with E-state index in [1.165, 1.54) is 19.2 Å². The number of ether oxygens (including phenoxy) is 2. The summed E-state index contributed by atoms with van der Waals surface area (Å²) in [6.45, 7) is 0. The molecule has 1 aromatic carbocycles. The van der Waals surface area contributed by atoms with Gasteiger partial charge in [0.05, 0.1) is 19.8 Å². The van der Waals surface area contributed by atoms with Crippen LogP contribution in [0.15, 0.2) is 24.3 Å². The number of carbonyl (C=O) groups excluding carboxylic acids is 2. The lowest BCUT2D eigenvalue weighted by Gasteiger charge is -2.07. The molecule has 0 aliphatic heterocycles. The summed E-state index contributed by atoms with van der Waals surface area (Å²) in [5.41, 5.74) is 0.210. The first-order chi connectivity index (χ1) is 8.49. The van der Waals surface area contributed by atoms with Crippen molar-refractivity contribution >= 4 is 29.1 Å². The van der Waals surface area contributed by atoms with E-state index in [1.54, 1.807) is 6.07 Å². The molecule has 6 heteroatoms. The van der Waals surface area contributed by atoms with Crippen molar-refractivity contribution in [1.29, 1.82) is 0 Å². The number of benzene rings is 1. The first kappa shape index (κ1) is 14.1. The second-order valence-electron chi connectivity index (χ2n) is 3.23. The van der Waals surface area contributed by atoms with E-state index in [4.69, 9.17) is 16.3 Å². The zero-order valence-corrected chi connectivity index (χ0v) is 10.5. The van der Waals surface area contributed by atoms with Crippen LogP contribution in [-0.2, 0) is 14.3 Å². The third-order valence-corrected chi connectivity index (χ3v) is 2.33. The lowest BCUT2D eigenvalue weighted by molar-refractivity contribution is -0.149. The fraction of sp³-hybridized carbons (Fsp3) is 0.167. The molecule has 0 heterocycles. The van der Waals surface area contributed by atoms with Crippen LogP contribution >= 0.6 is 11.6 Å². The minimum atomic E-state index is -1.07. The van der Waals surface area contributed by atoms with Crippen LogP contribution in [0.1, 0.15) is 5.56 Å². The molecule has 0 unspecified atom stereocenters. The number of methoxy groups -OCH3 is 2. The molecular formula is C12H11ClO5. The van der Waals surface area contributed by atoms with Crippen LogP contribution in [-0.4, -0.2) is 31.1 Å². The van der Waals surface area contributed by atoms with E-state index >= 15 is 0 Å². The van der Waals surface area contributed by atoms with E-state index in [2.05, 4.69) is 4.74 Å². The quantitative estimate of drug-likeness (QED) is 0.392. The zero-order chi connectivity index (χ0) is 13.7. The lowest BCUT2D eigenvalue weighted by Crippen LogP contribution is -2.13. The van der Waals surface area contributed by atoms with Crippen molar-refractivity contribution in [2.45, 2.75) is 0 Å². The predicted molar refractivity (Wildman–Crippen MR) is 65.6 cm³/mol. The molecule has 18 heavy (non-hydrogen) atoms. The molecule has 0 bridgehead atoms. The normalized spacial score (nSPS) is 10.9. The highest BCUT2D eigenvalue weighted by molar-refractivity contribution is 6.39. The summed E-state index contributed by atoms with van der Waals surface area (Å²) in [6.07, 6.45) is 0.750. The Balaban J connectivity index is 3.13. The van der Waals surface area contributed by atoms with Gasteiger partial charge in [-0.1, -0.05) is 11.6 Å². The summed E-state index contributed by atoms with van der Waals surface area (Å²) in [5.74, 6) is -2.14. The van der Waals surface area contributed by atoms with E-state index in [1.807, 2.05) is 0 Å². The summed E-state index contributed by atoms with van der Waals surface area (Å²) in [6, 6.07) is 4.51. The molecule has 0 saturated carbocycles. The van der Waals surface area contributed by atoms with Crippen molar-refractivity contribution in [3.8, 4) is 5.75 Å². The van der Waals surface area contributed by atoms with Crippen LogP contribution in [0.2, 0.25) is 5.02 Å². The standard InChI is InChI=1S/C12H11ClO5/c1-17-11-4-3-7(13)5-8(11)9(14)6-10(15)12(16)18-2/h3-6,14H,1-2H3. The highest BCUT2D eigenvalue weighted by Crippen LogP contribution is 2.27. The number of ketones is 1. The van der Waals surface area contributed by atoms with Crippen molar-refractivity contribution in [3.05, 3.63) is 34.9 Å². The van der Waals surface area contributed by atoms with Gasteiger partial charge >= 0.3 is 5.97 Å². The molecule has 0 radical (unpaired) electrons. The molecule has 0 aliphatic carbocycles. The van der Waals surface area contributed by atoms with Gasteiger partial charge in [-0.2, -0.15) is 0 Å². The molecular weight excluding hydrogens is 260 g/mol. The van der Waals surface area contributed by atoms with Crippen LogP contribution in [0, 0.1) is 0 Å². The van der Waals surface area contributed by atoms with Gasteiger partial charge in [0, 0.05) is 11.1 Å².